The second kappa shape index (κ2) is 9.65. The van der Waals surface area contributed by atoms with Crippen molar-refractivity contribution < 1.29 is 37.2 Å². The number of carbonyl (C=O) groups excluding carboxylic acids is 2. The Kier molecular flexibility index (Phi) is 7.10. The van der Waals surface area contributed by atoms with E-state index in [1.807, 2.05) is 13.8 Å². The van der Waals surface area contributed by atoms with Crippen molar-refractivity contribution in [1.82, 2.24) is 19.8 Å². The molecule has 2 aromatic heterocycles. The van der Waals surface area contributed by atoms with Gasteiger partial charge < -0.3 is 20.1 Å². The average Bonchev–Trinajstić information content (AvgIpc) is 3.18. The first-order valence-corrected chi connectivity index (χ1v) is 10.3. The molecule has 3 rings (SSSR count). The van der Waals surface area contributed by atoms with Crippen LogP contribution in [0.25, 0.3) is 11.7 Å². The van der Waals surface area contributed by atoms with Gasteiger partial charge in [-0.05, 0) is 12.0 Å². The minimum absolute atomic E-state index is 0.0602. The summed E-state index contributed by atoms with van der Waals surface area (Å²) >= 11 is 0. The topological polar surface area (TPSA) is 120 Å². The third-order valence-corrected chi connectivity index (χ3v) is 4.92. The third-order valence-electron chi connectivity index (χ3n) is 4.92. The van der Waals surface area contributed by atoms with Gasteiger partial charge >= 0.3 is 23.3 Å². The number of aromatic nitrogens is 3. The molecule has 1 fully saturated rings. The molecule has 0 aliphatic carbocycles. The van der Waals surface area contributed by atoms with E-state index >= 15 is 0 Å². The number of halogens is 3. The number of H-pyrrole nitrogens is 1. The van der Waals surface area contributed by atoms with Crippen LogP contribution in [0.1, 0.15) is 29.8 Å². The van der Waals surface area contributed by atoms with Crippen LogP contribution in [0.4, 0.5) is 13.2 Å². The Morgan fingerprint density at radius 3 is 2.61 bits per heavy atom. The number of rotatable bonds is 6. The van der Waals surface area contributed by atoms with Crippen LogP contribution in [0.3, 0.4) is 0 Å². The molecule has 0 spiro atoms. The molecule has 33 heavy (non-hydrogen) atoms. The van der Waals surface area contributed by atoms with E-state index in [-0.39, 0.29) is 24.0 Å². The van der Waals surface area contributed by atoms with Crippen molar-refractivity contribution in [2.75, 3.05) is 32.8 Å². The number of ether oxygens (including phenoxy) is 1. The summed E-state index contributed by atoms with van der Waals surface area (Å²) in [6.45, 7) is 3.89. The molecule has 0 saturated carbocycles. The number of fused-ring (bicyclic) bond motifs is 1. The minimum Gasteiger partial charge on any atom is -0.477 e. The highest BCUT2D eigenvalue weighted by Gasteiger charge is 2.34. The van der Waals surface area contributed by atoms with Gasteiger partial charge in [0.1, 0.15) is 6.54 Å². The highest BCUT2D eigenvalue weighted by molar-refractivity contribution is 5.96. The highest BCUT2D eigenvalue weighted by Crippen LogP contribution is 2.17. The van der Waals surface area contributed by atoms with Gasteiger partial charge in [0.05, 0.1) is 31.5 Å². The summed E-state index contributed by atoms with van der Waals surface area (Å²) in [6.07, 6.45) is -0.507. The molecule has 3 heterocycles. The largest absolute Gasteiger partial charge is 0.477 e. The fourth-order valence-electron chi connectivity index (χ4n) is 3.44. The molecule has 1 saturated heterocycles. The van der Waals surface area contributed by atoms with E-state index in [0.29, 0.717) is 31.9 Å². The molecule has 0 aromatic carbocycles. The molecule has 180 valence electrons. The second-order valence-electron chi connectivity index (χ2n) is 7.96. The number of aromatic hydroxyl groups is 1. The van der Waals surface area contributed by atoms with Crippen LogP contribution in [0.2, 0.25) is 0 Å². The van der Waals surface area contributed by atoms with Gasteiger partial charge in [-0.1, -0.05) is 18.4 Å². The molecule has 0 radical (unpaired) electrons. The fraction of sp³-hybridized carbons (Fsp3) is 0.500. The maximum atomic E-state index is 12.9. The first-order chi connectivity index (χ1) is 15.5. The van der Waals surface area contributed by atoms with Gasteiger partial charge in [0, 0.05) is 19.2 Å². The fourth-order valence-corrected chi connectivity index (χ4v) is 3.44. The number of carbonyl (C=O) groups is 2. The van der Waals surface area contributed by atoms with E-state index in [1.165, 1.54) is 22.9 Å². The van der Waals surface area contributed by atoms with Crippen LogP contribution in [-0.2, 0) is 16.1 Å². The Balaban J connectivity index is 2.04. The van der Waals surface area contributed by atoms with Gasteiger partial charge in [-0.3, -0.25) is 9.59 Å². The minimum atomic E-state index is -4.68. The van der Waals surface area contributed by atoms with Crippen LogP contribution in [0.5, 0.6) is 5.88 Å². The summed E-state index contributed by atoms with van der Waals surface area (Å²) in [5.74, 6) is -2.43. The number of nitrogens with one attached hydrogen (secondary N) is 2. The number of morpholine rings is 1. The Hall–Kier alpha value is -3.35. The van der Waals surface area contributed by atoms with E-state index < -0.39 is 35.6 Å². The van der Waals surface area contributed by atoms with Crippen molar-refractivity contribution in [1.29, 1.82) is 0 Å². The Morgan fingerprint density at radius 2 is 2.00 bits per heavy atom. The van der Waals surface area contributed by atoms with Crippen molar-refractivity contribution in [3.63, 3.8) is 0 Å². The molecule has 3 N–H and O–H groups in total. The van der Waals surface area contributed by atoms with Crippen LogP contribution in [0.15, 0.2) is 17.1 Å². The van der Waals surface area contributed by atoms with Gasteiger partial charge in [-0.2, -0.15) is 17.7 Å². The van der Waals surface area contributed by atoms with Gasteiger partial charge in [0.2, 0.25) is 11.5 Å². The van der Waals surface area contributed by atoms with Crippen LogP contribution >= 0.6 is 0 Å². The van der Waals surface area contributed by atoms with Crippen LogP contribution in [-0.4, -0.2) is 70.5 Å². The predicted octanol–water partition coefficient (Wildman–Crippen LogP) is 0.441. The third kappa shape index (κ3) is 5.53. The Bertz CT molecular complexity index is 1130. The molecule has 0 atom stereocenters. The highest BCUT2D eigenvalue weighted by atomic mass is 19.4. The summed E-state index contributed by atoms with van der Waals surface area (Å²) in [5.41, 5.74) is -1.32. The number of aromatic amines is 1. The quantitative estimate of drug-likeness (QED) is 0.416. The molecule has 0 bridgehead atoms. The maximum absolute atomic E-state index is 12.9. The molecule has 1 aliphatic rings. The van der Waals surface area contributed by atoms with E-state index in [1.54, 1.807) is 10.2 Å². The molecular weight excluding hydrogens is 447 g/mol. The average molecular weight is 472 g/mol. The molecule has 1 aliphatic heterocycles. The van der Waals surface area contributed by atoms with Crippen LogP contribution in [0, 0.1) is 5.92 Å². The SMILES string of the molecule is CC(C)C[n+]1c(O)c(C(=O)NCC(F)(F)F)c(=O)n2[nH]cc(/C=C/C(=O)N3CCOCC3)c21. The van der Waals surface area contributed by atoms with E-state index in [4.69, 9.17) is 4.74 Å². The van der Waals surface area contributed by atoms with Gasteiger partial charge in [0.25, 0.3) is 5.91 Å². The van der Waals surface area contributed by atoms with E-state index in [9.17, 15) is 32.7 Å². The molecule has 2 amide bonds. The first kappa shape index (κ1) is 24.3. The monoisotopic (exact) mass is 472 g/mol. The summed E-state index contributed by atoms with van der Waals surface area (Å²) in [7, 11) is 0. The number of hydrogen-bond acceptors (Lipinski definition) is 5. The molecule has 10 nitrogen and oxygen atoms in total. The lowest BCUT2D eigenvalue weighted by Crippen LogP contribution is -2.46. The molecule has 0 unspecified atom stereocenters. The summed E-state index contributed by atoms with van der Waals surface area (Å²) < 4.78 is 44.9. The Labute approximate surface area is 186 Å². The molecular formula is C20H25F3N5O5+. The maximum Gasteiger partial charge on any atom is 0.405 e. The molecule has 13 heteroatoms. The lowest BCUT2D eigenvalue weighted by molar-refractivity contribution is -0.686. The zero-order valence-electron chi connectivity index (χ0n) is 18.1. The zero-order chi connectivity index (χ0) is 24.3. The number of amides is 2. The smallest absolute Gasteiger partial charge is 0.405 e. The van der Waals surface area contributed by atoms with E-state index in [0.717, 1.165) is 4.52 Å². The predicted molar refractivity (Wildman–Crippen MR) is 110 cm³/mol. The van der Waals surface area contributed by atoms with Crippen molar-refractivity contribution in [3.8, 4) is 5.88 Å². The van der Waals surface area contributed by atoms with Crippen molar-refractivity contribution in [2.24, 2.45) is 5.92 Å². The normalized spacial score (nSPS) is 15.0. The number of hydrogen-bond donors (Lipinski definition) is 3. The number of alkyl halides is 3. The van der Waals surface area contributed by atoms with Crippen molar-refractivity contribution in [2.45, 2.75) is 26.6 Å². The standard InChI is InChI=1S/C20H24F3N5O5/c1-12(2)10-27-17-13(3-4-14(29)26-5-7-33-8-6-26)9-25-28(17)19(32)15(18(27)31)16(30)24-11-20(21,22)23/h3-4,9,12H,5-8,10-11H2,1-2H3,(H2,24,30,31,32)/p+1/b4-3+. The van der Waals surface area contributed by atoms with Crippen LogP contribution < -0.4 is 15.4 Å². The summed E-state index contributed by atoms with van der Waals surface area (Å²) in [4.78, 5) is 39.2. The lowest BCUT2D eigenvalue weighted by Gasteiger charge is -2.25. The van der Waals surface area contributed by atoms with Gasteiger partial charge in [0.15, 0.2) is 0 Å². The second-order valence-corrected chi connectivity index (χ2v) is 7.96. The molecule has 2 aromatic rings. The zero-order valence-corrected chi connectivity index (χ0v) is 18.1. The summed E-state index contributed by atoms with van der Waals surface area (Å²) in [6, 6.07) is 0. The van der Waals surface area contributed by atoms with Crippen molar-refractivity contribution in [3.05, 3.63) is 33.8 Å². The summed E-state index contributed by atoms with van der Waals surface area (Å²) in [5, 5.41) is 15.0. The first-order valence-electron chi connectivity index (χ1n) is 10.3. The lowest BCUT2D eigenvalue weighted by atomic mass is 10.2. The van der Waals surface area contributed by atoms with Gasteiger partial charge in [-0.25, -0.2) is 9.89 Å². The van der Waals surface area contributed by atoms with Gasteiger partial charge in [-0.15, -0.1) is 0 Å². The van der Waals surface area contributed by atoms with Crippen molar-refractivity contribution >= 4 is 23.5 Å². The number of nitrogens with zero attached hydrogens (tertiary/aromatic N) is 3. The Morgan fingerprint density at radius 1 is 1.33 bits per heavy atom. The van der Waals surface area contributed by atoms with E-state index in [2.05, 4.69) is 5.10 Å².